The number of anilines is 1. The minimum atomic E-state index is -4.42. The molecule has 3 heterocycles. The van der Waals surface area contributed by atoms with E-state index in [9.17, 15) is 18.0 Å². The van der Waals surface area contributed by atoms with Crippen LogP contribution in [0.15, 0.2) is 42.7 Å². The van der Waals surface area contributed by atoms with E-state index in [2.05, 4.69) is 15.1 Å². The Morgan fingerprint density at radius 3 is 2.45 bits per heavy atom. The van der Waals surface area contributed by atoms with Crippen molar-refractivity contribution in [3.8, 4) is 11.4 Å². The third kappa shape index (κ3) is 3.53. The lowest BCUT2D eigenvalue weighted by atomic mass is 10.0. The summed E-state index contributed by atoms with van der Waals surface area (Å²) in [6, 6.07) is 7.74. The Bertz CT molecular complexity index is 1420. The minimum absolute atomic E-state index is 0.0925. The molecule has 2 aromatic heterocycles. The lowest BCUT2D eigenvalue weighted by Crippen LogP contribution is -2.41. The number of alkyl halides is 3. The highest BCUT2D eigenvalue weighted by atomic mass is 19.4. The Morgan fingerprint density at radius 2 is 1.73 bits per heavy atom. The molecule has 0 saturated carbocycles. The van der Waals surface area contributed by atoms with Gasteiger partial charge in [-0.25, -0.2) is 9.97 Å². The first-order valence-electron chi connectivity index (χ1n) is 10.4. The topological polar surface area (TPSA) is 63.9 Å². The number of amides is 1. The Morgan fingerprint density at radius 1 is 0.939 bits per heavy atom. The van der Waals surface area contributed by atoms with Gasteiger partial charge in [-0.2, -0.15) is 18.3 Å². The van der Waals surface area contributed by atoms with Crippen LogP contribution < -0.4 is 4.90 Å². The van der Waals surface area contributed by atoms with Gasteiger partial charge in [0.2, 0.25) is 0 Å². The van der Waals surface area contributed by atoms with Crippen LogP contribution in [0, 0.1) is 20.8 Å². The van der Waals surface area contributed by atoms with Gasteiger partial charge in [0.25, 0.3) is 5.91 Å². The second-order valence-electron chi connectivity index (χ2n) is 8.28. The van der Waals surface area contributed by atoms with Crippen molar-refractivity contribution in [3.63, 3.8) is 0 Å². The van der Waals surface area contributed by atoms with E-state index in [-0.39, 0.29) is 5.91 Å². The van der Waals surface area contributed by atoms with Crippen molar-refractivity contribution in [2.24, 2.45) is 0 Å². The molecule has 0 fully saturated rings. The number of hydrogen-bond acceptors (Lipinski definition) is 4. The van der Waals surface area contributed by atoms with Crippen molar-refractivity contribution < 1.29 is 18.0 Å². The quantitative estimate of drug-likeness (QED) is 0.426. The van der Waals surface area contributed by atoms with Gasteiger partial charge in [-0.15, -0.1) is 0 Å². The Balaban J connectivity index is 1.50. The smallest absolute Gasteiger partial charge is 0.305 e. The predicted molar refractivity (Wildman–Crippen MR) is 118 cm³/mol. The molecule has 0 radical (unpaired) electrons. The van der Waals surface area contributed by atoms with Crippen LogP contribution in [-0.4, -0.2) is 32.2 Å². The number of aromatic nitrogens is 4. The first kappa shape index (κ1) is 21.1. The van der Waals surface area contributed by atoms with Crippen LogP contribution in [0.1, 0.15) is 32.7 Å². The van der Waals surface area contributed by atoms with Gasteiger partial charge >= 0.3 is 6.18 Å². The molecular formula is C24H20F3N5O. The fraction of sp³-hybridized carbons (Fsp3) is 0.250. The van der Waals surface area contributed by atoms with Gasteiger partial charge in [0, 0.05) is 34.9 Å². The molecule has 2 aromatic carbocycles. The van der Waals surface area contributed by atoms with Gasteiger partial charge in [0.1, 0.15) is 5.69 Å². The molecule has 0 spiro atoms. The minimum Gasteiger partial charge on any atom is -0.305 e. The second-order valence-corrected chi connectivity index (χ2v) is 8.28. The highest BCUT2D eigenvalue weighted by molar-refractivity contribution is 6.07. The molecule has 0 aliphatic carbocycles. The lowest BCUT2D eigenvalue weighted by molar-refractivity contribution is -0.137. The Kier molecular flexibility index (Phi) is 4.73. The van der Waals surface area contributed by atoms with Crippen LogP contribution >= 0.6 is 0 Å². The van der Waals surface area contributed by atoms with Crippen molar-refractivity contribution in [1.29, 1.82) is 0 Å². The van der Waals surface area contributed by atoms with Crippen LogP contribution in [-0.2, 0) is 12.7 Å². The largest absolute Gasteiger partial charge is 0.416 e. The van der Waals surface area contributed by atoms with Gasteiger partial charge in [0.05, 0.1) is 23.8 Å². The number of hydrogen-bond donors (Lipinski definition) is 0. The van der Waals surface area contributed by atoms with Crippen molar-refractivity contribution in [1.82, 2.24) is 19.7 Å². The third-order valence-electron chi connectivity index (χ3n) is 5.95. The highest BCUT2D eigenvalue weighted by Gasteiger charge is 2.31. The van der Waals surface area contributed by atoms with Crippen LogP contribution in [0.2, 0.25) is 0 Å². The lowest BCUT2D eigenvalue weighted by Gasteiger charge is -2.29. The monoisotopic (exact) mass is 451 g/mol. The molecule has 4 aromatic rings. The van der Waals surface area contributed by atoms with E-state index < -0.39 is 11.7 Å². The number of rotatable bonds is 2. The maximum absolute atomic E-state index is 13.1. The fourth-order valence-electron chi connectivity index (χ4n) is 4.30. The number of aryl methyl sites for hydroxylation is 3. The summed E-state index contributed by atoms with van der Waals surface area (Å²) >= 11 is 0. The van der Waals surface area contributed by atoms with Crippen LogP contribution in [0.25, 0.3) is 22.3 Å². The number of benzene rings is 2. The summed E-state index contributed by atoms with van der Waals surface area (Å²) in [5.74, 6) is 0.323. The molecule has 0 atom stereocenters. The van der Waals surface area contributed by atoms with Gasteiger partial charge < -0.3 is 4.90 Å². The molecule has 6 nitrogen and oxygen atoms in total. The van der Waals surface area contributed by atoms with Gasteiger partial charge in [0.15, 0.2) is 5.82 Å². The van der Waals surface area contributed by atoms with E-state index in [4.69, 9.17) is 0 Å². The summed E-state index contributed by atoms with van der Waals surface area (Å²) in [5.41, 5.74) is 4.02. The van der Waals surface area contributed by atoms with Gasteiger partial charge in [-0.1, -0.05) is 0 Å². The summed E-state index contributed by atoms with van der Waals surface area (Å²) in [5, 5.41) is 4.59. The van der Waals surface area contributed by atoms with E-state index in [1.54, 1.807) is 22.7 Å². The van der Waals surface area contributed by atoms with E-state index in [1.165, 1.54) is 6.20 Å². The zero-order valence-corrected chi connectivity index (χ0v) is 18.2. The van der Waals surface area contributed by atoms with Gasteiger partial charge in [-0.05, 0) is 62.2 Å². The SMILES string of the molecule is Cc1cc(-c2ncc3cc(C(F)(F)F)cc(C)c3n2)ccc1N1CCn2ncc(C)c2C1=O. The van der Waals surface area contributed by atoms with Crippen molar-refractivity contribution >= 4 is 22.5 Å². The zero-order valence-electron chi connectivity index (χ0n) is 18.2. The molecule has 168 valence electrons. The highest BCUT2D eigenvalue weighted by Crippen LogP contribution is 2.34. The second kappa shape index (κ2) is 7.40. The number of nitrogens with zero attached hydrogens (tertiary/aromatic N) is 5. The van der Waals surface area contributed by atoms with E-state index in [0.29, 0.717) is 41.1 Å². The molecule has 9 heteroatoms. The molecule has 0 bridgehead atoms. The summed E-state index contributed by atoms with van der Waals surface area (Å²) in [4.78, 5) is 23.6. The number of halogens is 3. The third-order valence-corrected chi connectivity index (χ3v) is 5.95. The normalized spacial score (nSPS) is 14.1. The number of fused-ring (bicyclic) bond motifs is 2. The molecule has 5 rings (SSSR count). The first-order chi connectivity index (χ1) is 15.6. The molecular weight excluding hydrogens is 431 g/mol. The van der Waals surface area contributed by atoms with E-state index in [1.807, 2.05) is 32.0 Å². The fourth-order valence-corrected chi connectivity index (χ4v) is 4.30. The van der Waals surface area contributed by atoms with E-state index in [0.717, 1.165) is 34.5 Å². The van der Waals surface area contributed by atoms with Crippen LogP contribution in [0.4, 0.5) is 18.9 Å². The molecule has 1 aliphatic heterocycles. The molecule has 33 heavy (non-hydrogen) atoms. The maximum Gasteiger partial charge on any atom is 0.416 e. The first-order valence-corrected chi connectivity index (χ1v) is 10.4. The molecule has 1 aliphatic rings. The summed E-state index contributed by atoms with van der Waals surface area (Å²) in [7, 11) is 0. The van der Waals surface area contributed by atoms with E-state index >= 15 is 0 Å². The molecule has 1 amide bonds. The maximum atomic E-state index is 13.1. The zero-order chi connectivity index (χ0) is 23.5. The molecule has 0 N–H and O–H groups in total. The van der Waals surface area contributed by atoms with Crippen molar-refractivity contribution in [2.45, 2.75) is 33.5 Å². The predicted octanol–water partition coefficient (Wildman–Crippen LogP) is 5.10. The van der Waals surface area contributed by atoms with Crippen molar-refractivity contribution in [2.75, 3.05) is 11.4 Å². The van der Waals surface area contributed by atoms with Crippen LogP contribution in [0.3, 0.4) is 0 Å². The standard InChI is InChI=1S/C24H20F3N5O/c1-13-8-16(4-5-19(13)31-6-7-32-21(23(31)33)15(3)11-29-32)22-28-12-17-10-18(24(25,26)27)9-14(2)20(17)30-22/h4-5,8-12H,6-7H2,1-3H3. The number of carbonyl (C=O) groups is 1. The molecule has 0 unspecified atom stereocenters. The summed E-state index contributed by atoms with van der Waals surface area (Å²) in [6.07, 6.45) is -1.31. The molecule has 0 saturated heterocycles. The Labute approximate surface area is 187 Å². The van der Waals surface area contributed by atoms with Crippen LogP contribution in [0.5, 0.6) is 0 Å². The summed E-state index contributed by atoms with van der Waals surface area (Å²) in [6.45, 7) is 6.51. The average molecular weight is 451 g/mol. The summed E-state index contributed by atoms with van der Waals surface area (Å²) < 4.78 is 41.1. The number of carbonyl (C=O) groups excluding carboxylic acids is 1. The average Bonchev–Trinajstić information content (AvgIpc) is 3.15. The van der Waals surface area contributed by atoms with Gasteiger partial charge in [-0.3, -0.25) is 9.48 Å². The Hall–Kier alpha value is -3.75. The van der Waals surface area contributed by atoms with Crippen molar-refractivity contribution in [3.05, 3.63) is 70.7 Å².